The van der Waals surface area contributed by atoms with Crippen LogP contribution in [-0.4, -0.2) is 25.0 Å². The number of allylic oxidation sites excluding steroid dienone is 2. The quantitative estimate of drug-likeness (QED) is 0.309. The highest BCUT2D eigenvalue weighted by Crippen LogP contribution is 2.35. The molecule has 0 spiro atoms. The van der Waals surface area contributed by atoms with E-state index in [0.29, 0.717) is 17.7 Å². The van der Waals surface area contributed by atoms with Crippen LogP contribution < -0.4 is 14.8 Å². The zero-order chi connectivity index (χ0) is 21.4. The van der Waals surface area contributed by atoms with Crippen molar-refractivity contribution in [1.82, 2.24) is 0 Å². The molecule has 2 aromatic carbocycles. The first-order valence-corrected chi connectivity index (χ1v) is 9.96. The van der Waals surface area contributed by atoms with Gasteiger partial charge in [-0.05, 0) is 82.2 Å². The smallest absolute Gasteiger partial charge is 0.185 e. The summed E-state index contributed by atoms with van der Waals surface area (Å²) in [6.07, 6.45) is 5.87. The van der Waals surface area contributed by atoms with E-state index in [4.69, 9.17) is 9.47 Å². The van der Waals surface area contributed by atoms with Gasteiger partial charge in [-0.2, -0.15) is 0 Å². The molecule has 0 saturated heterocycles. The molecular weight excluding hydrogens is 362 g/mol. The molecular formula is C25H31NO3. The lowest BCUT2D eigenvalue weighted by atomic mass is 10.0. The summed E-state index contributed by atoms with van der Waals surface area (Å²) in [5.41, 5.74) is 3.37. The van der Waals surface area contributed by atoms with Gasteiger partial charge in [0.1, 0.15) is 11.5 Å². The minimum Gasteiger partial charge on any atom is -0.490 e. The van der Waals surface area contributed by atoms with Crippen molar-refractivity contribution >= 4 is 17.5 Å². The van der Waals surface area contributed by atoms with Gasteiger partial charge in [0.15, 0.2) is 5.78 Å². The third kappa shape index (κ3) is 6.24. The molecule has 0 bridgehead atoms. The summed E-state index contributed by atoms with van der Waals surface area (Å²) in [5, 5.41) is 3.05. The second-order valence-electron chi connectivity index (χ2n) is 7.32. The fraction of sp³-hybridized carbons (Fsp3) is 0.320. The molecule has 0 saturated carbocycles. The van der Waals surface area contributed by atoms with E-state index in [1.807, 2.05) is 77.2 Å². The minimum atomic E-state index is -0.0761. The van der Waals surface area contributed by atoms with Crippen LogP contribution in [0.25, 0.3) is 6.08 Å². The Morgan fingerprint density at radius 1 is 1.03 bits per heavy atom. The third-order valence-electron chi connectivity index (χ3n) is 4.18. The summed E-state index contributed by atoms with van der Waals surface area (Å²) in [5.74, 6) is 1.35. The third-order valence-corrected chi connectivity index (χ3v) is 4.18. The number of ether oxygens (including phenoxy) is 2. The molecule has 2 aromatic rings. The molecule has 0 aliphatic carbocycles. The van der Waals surface area contributed by atoms with Crippen LogP contribution in [0.4, 0.5) is 5.69 Å². The molecule has 4 heteroatoms. The molecule has 154 valence electrons. The van der Waals surface area contributed by atoms with Crippen molar-refractivity contribution in [3.63, 3.8) is 0 Å². The average Bonchev–Trinajstić information content (AvgIpc) is 2.68. The lowest BCUT2D eigenvalue weighted by Gasteiger charge is -2.20. The molecule has 29 heavy (non-hydrogen) atoms. The van der Waals surface area contributed by atoms with E-state index in [9.17, 15) is 4.79 Å². The van der Waals surface area contributed by atoms with Gasteiger partial charge in [0, 0.05) is 18.3 Å². The van der Waals surface area contributed by atoms with Crippen molar-refractivity contribution in [2.45, 2.75) is 46.3 Å². The first-order valence-electron chi connectivity index (χ1n) is 9.96. The van der Waals surface area contributed by atoms with Crippen molar-refractivity contribution in [1.29, 1.82) is 0 Å². The van der Waals surface area contributed by atoms with Crippen LogP contribution >= 0.6 is 0 Å². The lowest BCUT2D eigenvalue weighted by molar-refractivity contribution is 0.104. The number of anilines is 1. The number of hydrogen-bond donors (Lipinski definition) is 1. The number of carbonyl (C=O) groups is 1. The van der Waals surface area contributed by atoms with Crippen molar-refractivity contribution < 1.29 is 14.3 Å². The van der Waals surface area contributed by atoms with Crippen molar-refractivity contribution in [2.24, 2.45) is 0 Å². The van der Waals surface area contributed by atoms with Gasteiger partial charge in [-0.1, -0.05) is 12.1 Å². The molecule has 0 atom stereocenters. The number of benzene rings is 2. The number of ketones is 1. The van der Waals surface area contributed by atoms with Crippen LogP contribution in [0, 0.1) is 0 Å². The zero-order valence-corrected chi connectivity index (χ0v) is 18.0. The largest absolute Gasteiger partial charge is 0.490 e. The van der Waals surface area contributed by atoms with Gasteiger partial charge in [0.05, 0.1) is 17.8 Å². The van der Waals surface area contributed by atoms with Crippen LogP contribution in [0.1, 0.15) is 49.2 Å². The standard InChI is InChI=1S/C25H31NO3/c1-7-8-20-11-16-24(28-17(2)3)22(25(20)29-18(4)5)14-15-23(27)19-9-12-21(26-6)13-10-19/h7,9-18,26H,1,8H2,2-6H3. The maximum absolute atomic E-state index is 12.7. The minimum absolute atomic E-state index is 0.00379. The van der Waals surface area contributed by atoms with Gasteiger partial charge >= 0.3 is 0 Å². The average molecular weight is 394 g/mol. The maximum atomic E-state index is 12.7. The Bertz CT molecular complexity index is 864. The van der Waals surface area contributed by atoms with E-state index < -0.39 is 0 Å². The van der Waals surface area contributed by atoms with E-state index in [0.717, 1.165) is 22.6 Å². The van der Waals surface area contributed by atoms with E-state index in [-0.39, 0.29) is 18.0 Å². The number of carbonyl (C=O) groups excluding carboxylic acids is 1. The SMILES string of the molecule is C=CCc1ccc(OC(C)C)c(C=CC(=O)c2ccc(NC)cc2)c1OC(C)C. The first-order chi connectivity index (χ1) is 13.8. The lowest BCUT2D eigenvalue weighted by Crippen LogP contribution is -2.12. The highest BCUT2D eigenvalue weighted by molar-refractivity contribution is 6.07. The maximum Gasteiger partial charge on any atom is 0.185 e. The first kappa shape index (κ1) is 22.3. The Morgan fingerprint density at radius 3 is 2.24 bits per heavy atom. The van der Waals surface area contributed by atoms with Crippen LogP contribution in [0.5, 0.6) is 11.5 Å². The monoisotopic (exact) mass is 393 g/mol. The molecule has 1 N–H and O–H groups in total. The highest BCUT2D eigenvalue weighted by Gasteiger charge is 2.16. The van der Waals surface area contributed by atoms with E-state index in [1.54, 1.807) is 12.2 Å². The summed E-state index contributed by atoms with van der Waals surface area (Å²) in [6, 6.07) is 11.3. The summed E-state index contributed by atoms with van der Waals surface area (Å²) in [6.45, 7) is 11.8. The fourth-order valence-corrected chi connectivity index (χ4v) is 2.89. The fourth-order valence-electron chi connectivity index (χ4n) is 2.89. The molecule has 0 radical (unpaired) electrons. The normalized spacial score (nSPS) is 11.1. The van der Waals surface area contributed by atoms with Crippen LogP contribution in [0.15, 0.2) is 55.1 Å². The van der Waals surface area contributed by atoms with Gasteiger partial charge in [-0.25, -0.2) is 0 Å². The van der Waals surface area contributed by atoms with Gasteiger partial charge in [0.25, 0.3) is 0 Å². The van der Waals surface area contributed by atoms with Gasteiger partial charge in [0.2, 0.25) is 0 Å². The van der Waals surface area contributed by atoms with Crippen LogP contribution in [0.2, 0.25) is 0 Å². The summed E-state index contributed by atoms with van der Waals surface area (Å²) >= 11 is 0. The Hall–Kier alpha value is -3.01. The topological polar surface area (TPSA) is 47.6 Å². The van der Waals surface area contributed by atoms with Gasteiger partial charge in [-0.3, -0.25) is 4.79 Å². The van der Waals surface area contributed by atoms with Crippen LogP contribution in [-0.2, 0) is 6.42 Å². The van der Waals surface area contributed by atoms with Gasteiger partial charge < -0.3 is 14.8 Å². The summed E-state index contributed by atoms with van der Waals surface area (Å²) in [4.78, 5) is 12.7. The Kier molecular flexibility index (Phi) is 8.08. The van der Waals surface area contributed by atoms with E-state index in [2.05, 4.69) is 11.9 Å². The van der Waals surface area contributed by atoms with Crippen molar-refractivity contribution in [3.05, 3.63) is 71.8 Å². The molecule has 0 aromatic heterocycles. The number of rotatable bonds is 10. The highest BCUT2D eigenvalue weighted by atomic mass is 16.5. The Labute approximate surface area is 174 Å². The zero-order valence-electron chi connectivity index (χ0n) is 18.0. The second kappa shape index (κ2) is 10.5. The van der Waals surface area contributed by atoms with E-state index >= 15 is 0 Å². The molecule has 0 aliphatic rings. The molecule has 0 heterocycles. The predicted octanol–water partition coefficient (Wildman–Crippen LogP) is 5.93. The van der Waals surface area contributed by atoms with Crippen LogP contribution in [0.3, 0.4) is 0 Å². The van der Waals surface area contributed by atoms with Gasteiger partial charge in [-0.15, -0.1) is 6.58 Å². The van der Waals surface area contributed by atoms with Crippen molar-refractivity contribution in [3.8, 4) is 11.5 Å². The number of nitrogens with one attached hydrogen (secondary N) is 1. The Morgan fingerprint density at radius 2 is 1.69 bits per heavy atom. The molecule has 0 fully saturated rings. The number of hydrogen-bond acceptors (Lipinski definition) is 4. The van der Waals surface area contributed by atoms with E-state index in [1.165, 1.54) is 0 Å². The molecule has 0 amide bonds. The Balaban J connectivity index is 2.47. The van der Waals surface area contributed by atoms with Crippen molar-refractivity contribution in [2.75, 3.05) is 12.4 Å². The summed E-state index contributed by atoms with van der Waals surface area (Å²) < 4.78 is 12.1. The molecule has 0 aliphatic heterocycles. The summed E-state index contributed by atoms with van der Waals surface area (Å²) in [7, 11) is 1.85. The molecule has 0 unspecified atom stereocenters. The molecule has 2 rings (SSSR count). The molecule has 4 nitrogen and oxygen atoms in total. The predicted molar refractivity (Wildman–Crippen MR) is 121 cm³/mol. The second-order valence-corrected chi connectivity index (χ2v) is 7.32.